The number of hydrogen-bond donors (Lipinski definition) is 2. The summed E-state index contributed by atoms with van der Waals surface area (Å²) in [5.41, 5.74) is -0.535. The zero-order valence-corrected chi connectivity index (χ0v) is 12.2. The van der Waals surface area contributed by atoms with Crippen molar-refractivity contribution < 1.29 is 19.5 Å². The highest BCUT2D eigenvalue weighted by Crippen LogP contribution is 2.58. The first-order valence-electron chi connectivity index (χ1n) is 7.08. The summed E-state index contributed by atoms with van der Waals surface area (Å²) in [6.07, 6.45) is 2.01. The van der Waals surface area contributed by atoms with E-state index in [0.717, 1.165) is 25.9 Å². The van der Waals surface area contributed by atoms with Gasteiger partial charge in [-0.15, -0.1) is 0 Å². The Hall–Kier alpha value is -1.59. The molecule has 2 N–H and O–H groups in total. The van der Waals surface area contributed by atoms with Gasteiger partial charge in [0.25, 0.3) is 0 Å². The normalized spacial score (nSPS) is 28.9. The summed E-state index contributed by atoms with van der Waals surface area (Å²) in [4.78, 5) is 37.0. The van der Waals surface area contributed by atoms with Crippen molar-refractivity contribution in [2.24, 2.45) is 17.3 Å². The van der Waals surface area contributed by atoms with Crippen LogP contribution in [-0.2, 0) is 14.4 Å². The van der Waals surface area contributed by atoms with Crippen molar-refractivity contribution in [3.05, 3.63) is 0 Å². The van der Waals surface area contributed by atoms with Crippen LogP contribution >= 0.6 is 0 Å². The van der Waals surface area contributed by atoms with E-state index in [9.17, 15) is 14.4 Å². The van der Waals surface area contributed by atoms with Crippen molar-refractivity contribution >= 4 is 17.8 Å². The quantitative estimate of drug-likeness (QED) is 0.784. The van der Waals surface area contributed by atoms with Gasteiger partial charge in [-0.25, -0.2) is 0 Å². The molecule has 0 radical (unpaired) electrons. The summed E-state index contributed by atoms with van der Waals surface area (Å²) in [7, 11) is 0. The van der Waals surface area contributed by atoms with Gasteiger partial charge in [-0.3, -0.25) is 14.4 Å². The summed E-state index contributed by atoms with van der Waals surface area (Å²) < 4.78 is 0. The fourth-order valence-electron chi connectivity index (χ4n) is 3.16. The molecule has 0 bridgehead atoms. The minimum atomic E-state index is -0.950. The maximum atomic E-state index is 12.1. The highest BCUT2D eigenvalue weighted by molar-refractivity contribution is 5.94. The van der Waals surface area contributed by atoms with Crippen LogP contribution in [0.3, 0.4) is 0 Å². The third kappa shape index (κ3) is 2.51. The molecule has 6 nitrogen and oxygen atoms in total. The number of likely N-dealkylation sites (tertiary alicyclic amines) is 1. The van der Waals surface area contributed by atoms with Crippen LogP contribution in [0, 0.1) is 17.3 Å². The van der Waals surface area contributed by atoms with E-state index in [-0.39, 0.29) is 11.8 Å². The topological polar surface area (TPSA) is 86.7 Å². The van der Waals surface area contributed by atoms with Crippen LogP contribution in [0.1, 0.15) is 33.6 Å². The van der Waals surface area contributed by atoms with Crippen LogP contribution in [0.2, 0.25) is 0 Å². The first-order chi connectivity index (χ1) is 9.26. The first-order valence-corrected chi connectivity index (χ1v) is 7.08. The molecule has 112 valence electrons. The molecule has 3 unspecified atom stereocenters. The Morgan fingerprint density at radius 1 is 1.20 bits per heavy atom. The van der Waals surface area contributed by atoms with E-state index < -0.39 is 29.3 Å². The summed E-state index contributed by atoms with van der Waals surface area (Å²) >= 11 is 0. The highest BCUT2D eigenvalue weighted by Gasteiger charge is 2.66. The highest BCUT2D eigenvalue weighted by atomic mass is 16.4. The van der Waals surface area contributed by atoms with Crippen LogP contribution in [0.25, 0.3) is 0 Å². The van der Waals surface area contributed by atoms with Gasteiger partial charge < -0.3 is 15.3 Å². The Morgan fingerprint density at radius 3 is 2.20 bits per heavy atom. The number of nitrogens with zero attached hydrogens (tertiary/aromatic N) is 1. The smallest absolute Gasteiger partial charge is 0.307 e. The second-order valence-corrected chi connectivity index (χ2v) is 6.38. The average Bonchev–Trinajstić information content (AvgIpc) is 2.76. The van der Waals surface area contributed by atoms with E-state index in [2.05, 4.69) is 5.32 Å². The number of nitrogens with one attached hydrogen (secondary N) is 1. The lowest BCUT2D eigenvalue weighted by atomic mass is 10.1. The van der Waals surface area contributed by atoms with Gasteiger partial charge in [-0.05, 0) is 25.2 Å². The van der Waals surface area contributed by atoms with Crippen LogP contribution < -0.4 is 5.32 Å². The van der Waals surface area contributed by atoms with Gasteiger partial charge in [-0.2, -0.15) is 0 Å². The summed E-state index contributed by atoms with van der Waals surface area (Å²) in [6, 6.07) is -0.591. The molecule has 2 rings (SSSR count). The van der Waals surface area contributed by atoms with Gasteiger partial charge in [0.15, 0.2) is 0 Å². The molecule has 0 aromatic rings. The van der Waals surface area contributed by atoms with E-state index in [1.54, 1.807) is 25.7 Å². The molecule has 0 spiro atoms. The predicted octanol–water partition coefficient (Wildman–Crippen LogP) is 0.470. The van der Waals surface area contributed by atoms with E-state index >= 15 is 0 Å². The minimum Gasteiger partial charge on any atom is -0.481 e. The molecule has 2 fully saturated rings. The van der Waals surface area contributed by atoms with Gasteiger partial charge in [0, 0.05) is 13.1 Å². The zero-order valence-electron chi connectivity index (χ0n) is 12.2. The minimum absolute atomic E-state index is 0.0822. The van der Waals surface area contributed by atoms with Crippen molar-refractivity contribution in [2.75, 3.05) is 13.1 Å². The number of amides is 2. The van der Waals surface area contributed by atoms with Crippen LogP contribution in [0.5, 0.6) is 0 Å². The second kappa shape index (κ2) is 5.07. The monoisotopic (exact) mass is 282 g/mol. The van der Waals surface area contributed by atoms with Crippen molar-refractivity contribution in [3.63, 3.8) is 0 Å². The lowest BCUT2D eigenvalue weighted by molar-refractivity contribution is -0.140. The number of rotatable bonds is 4. The van der Waals surface area contributed by atoms with Crippen molar-refractivity contribution in [1.29, 1.82) is 0 Å². The Balaban J connectivity index is 1.92. The first kappa shape index (κ1) is 14.8. The lowest BCUT2D eigenvalue weighted by Crippen LogP contribution is -2.46. The summed E-state index contributed by atoms with van der Waals surface area (Å²) in [5.74, 6) is -2.57. The van der Waals surface area contributed by atoms with E-state index in [1.165, 1.54) is 0 Å². The van der Waals surface area contributed by atoms with Gasteiger partial charge in [0.2, 0.25) is 11.8 Å². The number of carbonyl (C=O) groups is 3. The Kier molecular flexibility index (Phi) is 3.75. The zero-order chi connectivity index (χ0) is 15.1. The van der Waals surface area contributed by atoms with Gasteiger partial charge in [0.05, 0.1) is 11.8 Å². The summed E-state index contributed by atoms with van der Waals surface area (Å²) in [6.45, 7) is 6.67. The molecule has 3 atom stereocenters. The van der Waals surface area contributed by atoms with Gasteiger partial charge in [0.1, 0.15) is 6.04 Å². The summed E-state index contributed by atoms with van der Waals surface area (Å²) in [5, 5.41) is 11.7. The van der Waals surface area contributed by atoms with Crippen LogP contribution in [0.4, 0.5) is 0 Å². The molecule has 2 amide bonds. The molecule has 1 heterocycles. The van der Waals surface area contributed by atoms with Crippen molar-refractivity contribution in [3.8, 4) is 0 Å². The molecule has 2 aliphatic rings. The predicted molar refractivity (Wildman–Crippen MR) is 71.8 cm³/mol. The molecule has 0 aromatic carbocycles. The Morgan fingerprint density at radius 2 is 1.75 bits per heavy atom. The van der Waals surface area contributed by atoms with E-state index in [0.29, 0.717) is 0 Å². The third-order valence-electron chi connectivity index (χ3n) is 4.52. The van der Waals surface area contributed by atoms with Crippen molar-refractivity contribution in [2.45, 2.75) is 39.7 Å². The molecule has 1 saturated carbocycles. The largest absolute Gasteiger partial charge is 0.481 e. The number of aliphatic carboxylic acids is 1. The van der Waals surface area contributed by atoms with Crippen molar-refractivity contribution in [1.82, 2.24) is 10.2 Å². The fraction of sp³-hybridized carbons (Fsp3) is 0.786. The maximum Gasteiger partial charge on any atom is 0.307 e. The Bertz CT molecular complexity index is 440. The molecule has 20 heavy (non-hydrogen) atoms. The number of carboxylic acid groups (broad SMARTS) is 1. The maximum absolute atomic E-state index is 12.1. The lowest BCUT2D eigenvalue weighted by Gasteiger charge is -2.21. The van der Waals surface area contributed by atoms with Gasteiger partial charge in [-0.1, -0.05) is 13.8 Å². The molecule has 1 aliphatic heterocycles. The van der Waals surface area contributed by atoms with E-state index in [1.807, 2.05) is 0 Å². The SMILES string of the molecule is CC(NC(=O)C1C(C(=O)O)C1(C)C)C(=O)N1CCCC1. The fourth-order valence-corrected chi connectivity index (χ4v) is 3.16. The Labute approximate surface area is 118 Å². The standard InChI is InChI=1S/C14H22N2O4/c1-8(12(18)16-6-4-5-7-16)15-11(17)9-10(13(19)20)14(9,2)3/h8-10H,4-7H2,1-3H3,(H,15,17)(H,19,20). The molecule has 1 aliphatic carbocycles. The van der Waals surface area contributed by atoms with E-state index in [4.69, 9.17) is 5.11 Å². The molecule has 0 aromatic heterocycles. The molecule has 6 heteroatoms. The third-order valence-corrected chi connectivity index (χ3v) is 4.52. The number of hydrogen-bond acceptors (Lipinski definition) is 3. The molecule has 1 saturated heterocycles. The number of carbonyl (C=O) groups excluding carboxylic acids is 2. The molecular formula is C14H22N2O4. The molecular weight excluding hydrogens is 260 g/mol. The van der Waals surface area contributed by atoms with Crippen LogP contribution in [0.15, 0.2) is 0 Å². The van der Waals surface area contributed by atoms with Gasteiger partial charge >= 0.3 is 5.97 Å². The number of carboxylic acids is 1. The average molecular weight is 282 g/mol. The second-order valence-electron chi connectivity index (χ2n) is 6.38. The van der Waals surface area contributed by atoms with Crippen LogP contribution in [-0.4, -0.2) is 46.9 Å².